The number of para-hydroxylation sites is 1. The quantitative estimate of drug-likeness (QED) is 0.813. The fourth-order valence-corrected chi connectivity index (χ4v) is 3.57. The third-order valence-electron chi connectivity index (χ3n) is 3.50. The van der Waals surface area contributed by atoms with Crippen molar-refractivity contribution in [1.82, 2.24) is 4.57 Å². The first kappa shape index (κ1) is 13.9. The molecule has 1 aromatic heterocycles. The van der Waals surface area contributed by atoms with Gasteiger partial charge in [0.2, 0.25) is 5.56 Å². The van der Waals surface area contributed by atoms with Crippen molar-refractivity contribution >= 4 is 23.4 Å². The van der Waals surface area contributed by atoms with Crippen molar-refractivity contribution in [3.05, 3.63) is 58.5 Å². The summed E-state index contributed by atoms with van der Waals surface area (Å²) in [5.74, 6) is -0.0646. The molecule has 1 amide bonds. The molecule has 21 heavy (non-hydrogen) atoms. The fourth-order valence-electron chi connectivity index (χ4n) is 2.46. The molecule has 0 bridgehead atoms. The molecule has 1 aliphatic heterocycles. The zero-order chi connectivity index (χ0) is 15.0. The van der Waals surface area contributed by atoms with Crippen LogP contribution in [0.4, 0.5) is 5.69 Å². The minimum atomic E-state index is -0.116. The Balaban J connectivity index is 2.01. The van der Waals surface area contributed by atoms with E-state index in [0.29, 0.717) is 17.4 Å². The molecule has 0 spiro atoms. The van der Waals surface area contributed by atoms with Crippen LogP contribution in [0.5, 0.6) is 0 Å². The van der Waals surface area contributed by atoms with Gasteiger partial charge in [0.25, 0.3) is 5.91 Å². The maximum absolute atomic E-state index is 12.8. The Labute approximate surface area is 127 Å². The number of fused-ring (bicyclic) bond motifs is 1. The van der Waals surface area contributed by atoms with Crippen LogP contribution in [0.25, 0.3) is 0 Å². The maximum Gasteiger partial charge on any atom is 0.259 e. The molecule has 0 fully saturated rings. The van der Waals surface area contributed by atoms with Gasteiger partial charge >= 0.3 is 0 Å². The number of benzene rings is 1. The van der Waals surface area contributed by atoms with Gasteiger partial charge in [0.05, 0.1) is 11.3 Å². The van der Waals surface area contributed by atoms with Crippen LogP contribution in [0.15, 0.2) is 52.3 Å². The van der Waals surface area contributed by atoms with Gasteiger partial charge in [-0.05, 0) is 18.2 Å². The second kappa shape index (κ2) is 5.41. The van der Waals surface area contributed by atoms with E-state index in [1.54, 1.807) is 36.0 Å². The minimum absolute atomic E-state index is 0.0646. The smallest absolute Gasteiger partial charge is 0.259 e. The lowest BCUT2D eigenvalue weighted by Crippen LogP contribution is -2.39. The summed E-state index contributed by atoms with van der Waals surface area (Å²) in [5, 5.41) is 0.344. The van der Waals surface area contributed by atoms with E-state index in [0.717, 1.165) is 10.6 Å². The molecule has 1 aliphatic rings. The number of amides is 1. The third kappa shape index (κ3) is 2.61. The van der Waals surface area contributed by atoms with Gasteiger partial charge in [-0.15, -0.1) is 11.8 Å². The van der Waals surface area contributed by atoms with Gasteiger partial charge < -0.3 is 9.47 Å². The molecule has 0 N–H and O–H groups in total. The van der Waals surface area contributed by atoms with Crippen LogP contribution in [-0.2, 0) is 7.05 Å². The zero-order valence-electron chi connectivity index (χ0n) is 11.9. The maximum atomic E-state index is 12.8. The minimum Gasteiger partial charge on any atom is -0.318 e. The molecule has 2 heterocycles. The van der Waals surface area contributed by atoms with Gasteiger partial charge in [0.1, 0.15) is 0 Å². The van der Waals surface area contributed by atoms with Crippen LogP contribution < -0.4 is 10.5 Å². The number of pyridine rings is 1. The number of aryl methyl sites for hydroxylation is 1. The number of aromatic nitrogens is 1. The first-order valence-electron chi connectivity index (χ1n) is 6.80. The summed E-state index contributed by atoms with van der Waals surface area (Å²) >= 11 is 1.78. The number of thioether (sulfide) groups is 1. The highest BCUT2D eigenvalue weighted by Crippen LogP contribution is 2.38. The van der Waals surface area contributed by atoms with Gasteiger partial charge in [-0.1, -0.05) is 19.1 Å². The Morgan fingerprint density at radius 3 is 2.76 bits per heavy atom. The molecule has 0 aliphatic carbocycles. The van der Waals surface area contributed by atoms with E-state index in [-0.39, 0.29) is 11.5 Å². The highest BCUT2D eigenvalue weighted by atomic mass is 32.2. The van der Waals surface area contributed by atoms with E-state index < -0.39 is 0 Å². The SMILES string of the molecule is CC1CN(C(=O)c2ccc(=O)n(C)c2)c2ccccc2S1. The molecule has 0 radical (unpaired) electrons. The lowest BCUT2D eigenvalue weighted by molar-refractivity contribution is 0.0985. The van der Waals surface area contributed by atoms with Crippen LogP contribution in [0.1, 0.15) is 17.3 Å². The number of carbonyl (C=O) groups excluding carboxylic acids is 1. The van der Waals surface area contributed by atoms with Crippen LogP contribution >= 0.6 is 11.8 Å². The first-order valence-corrected chi connectivity index (χ1v) is 7.68. The third-order valence-corrected chi connectivity index (χ3v) is 4.65. The Morgan fingerprint density at radius 1 is 1.24 bits per heavy atom. The molecular formula is C16H16N2O2S. The molecule has 0 saturated heterocycles. The van der Waals surface area contributed by atoms with E-state index in [9.17, 15) is 9.59 Å². The van der Waals surface area contributed by atoms with E-state index in [2.05, 4.69) is 6.92 Å². The topological polar surface area (TPSA) is 42.3 Å². The highest BCUT2D eigenvalue weighted by molar-refractivity contribution is 8.00. The predicted octanol–water partition coefficient (Wildman–Crippen LogP) is 2.53. The monoisotopic (exact) mass is 300 g/mol. The van der Waals surface area contributed by atoms with E-state index >= 15 is 0 Å². The number of anilines is 1. The van der Waals surface area contributed by atoms with Crippen LogP contribution in [0.2, 0.25) is 0 Å². The van der Waals surface area contributed by atoms with Crippen molar-refractivity contribution in [1.29, 1.82) is 0 Å². The van der Waals surface area contributed by atoms with Crippen molar-refractivity contribution in [3.63, 3.8) is 0 Å². The molecule has 2 aromatic rings. The second-order valence-corrected chi connectivity index (χ2v) is 6.66. The number of hydrogen-bond acceptors (Lipinski definition) is 3. The number of hydrogen-bond donors (Lipinski definition) is 0. The number of rotatable bonds is 1. The summed E-state index contributed by atoms with van der Waals surface area (Å²) in [4.78, 5) is 27.1. The Bertz CT molecular complexity index is 754. The molecule has 108 valence electrons. The van der Waals surface area contributed by atoms with E-state index in [4.69, 9.17) is 0 Å². The Morgan fingerprint density at radius 2 is 2.00 bits per heavy atom. The average Bonchev–Trinajstić information content (AvgIpc) is 2.48. The zero-order valence-corrected chi connectivity index (χ0v) is 12.8. The molecule has 1 unspecified atom stereocenters. The van der Waals surface area contributed by atoms with Crippen molar-refractivity contribution in [2.75, 3.05) is 11.4 Å². The summed E-state index contributed by atoms with van der Waals surface area (Å²) in [7, 11) is 1.65. The summed E-state index contributed by atoms with van der Waals surface area (Å²) in [6.07, 6.45) is 1.60. The summed E-state index contributed by atoms with van der Waals surface area (Å²) in [6, 6.07) is 11.0. The van der Waals surface area contributed by atoms with E-state index in [1.165, 1.54) is 10.6 Å². The lowest BCUT2D eigenvalue weighted by Gasteiger charge is -2.32. The van der Waals surface area contributed by atoms with Crippen LogP contribution in [0, 0.1) is 0 Å². The van der Waals surface area contributed by atoms with Gasteiger partial charge in [-0.2, -0.15) is 0 Å². The summed E-state index contributed by atoms with van der Waals surface area (Å²) < 4.78 is 1.43. The first-order chi connectivity index (χ1) is 10.1. The Hall–Kier alpha value is -2.01. The van der Waals surface area contributed by atoms with Crippen molar-refractivity contribution in [2.24, 2.45) is 7.05 Å². The Kier molecular flexibility index (Phi) is 3.59. The van der Waals surface area contributed by atoms with Gasteiger partial charge in [-0.3, -0.25) is 9.59 Å². The molecule has 1 aromatic carbocycles. The molecular weight excluding hydrogens is 284 g/mol. The molecule has 1 atom stereocenters. The molecule has 5 heteroatoms. The average molecular weight is 300 g/mol. The summed E-state index contributed by atoms with van der Waals surface area (Å²) in [5.41, 5.74) is 1.36. The number of carbonyl (C=O) groups is 1. The predicted molar refractivity (Wildman–Crippen MR) is 85.1 cm³/mol. The number of nitrogens with zero attached hydrogens (tertiary/aromatic N) is 2. The van der Waals surface area contributed by atoms with Gasteiger partial charge in [0.15, 0.2) is 0 Å². The molecule has 3 rings (SSSR count). The largest absolute Gasteiger partial charge is 0.318 e. The second-order valence-electron chi connectivity index (χ2n) is 5.18. The van der Waals surface area contributed by atoms with Gasteiger partial charge in [0, 0.05) is 36.0 Å². The van der Waals surface area contributed by atoms with Crippen molar-refractivity contribution in [2.45, 2.75) is 17.1 Å². The molecule has 0 saturated carbocycles. The van der Waals surface area contributed by atoms with Crippen molar-refractivity contribution < 1.29 is 4.79 Å². The van der Waals surface area contributed by atoms with Gasteiger partial charge in [-0.25, -0.2) is 0 Å². The van der Waals surface area contributed by atoms with Crippen LogP contribution in [0.3, 0.4) is 0 Å². The highest BCUT2D eigenvalue weighted by Gasteiger charge is 2.27. The van der Waals surface area contributed by atoms with Crippen molar-refractivity contribution in [3.8, 4) is 0 Å². The summed E-state index contributed by atoms with van der Waals surface area (Å²) in [6.45, 7) is 2.78. The normalized spacial score (nSPS) is 17.4. The fraction of sp³-hybridized carbons (Fsp3) is 0.250. The molecule has 4 nitrogen and oxygen atoms in total. The lowest BCUT2D eigenvalue weighted by atomic mass is 10.2. The standard InChI is InChI=1S/C16H16N2O2S/c1-11-9-18(13-5-3-4-6-14(13)21-11)16(20)12-7-8-15(19)17(2)10-12/h3-8,10-11H,9H2,1-2H3. The van der Waals surface area contributed by atoms with E-state index in [1.807, 2.05) is 24.3 Å². The van der Waals surface area contributed by atoms with Crippen LogP contribution in [-0.4, -0.2) is 22.3 Å².